The number of hydrogen-bond acceptors (Lipinski definition) is 7. The van der Waals surface area contributed by atoms with Crippen LogP contribution in [0.2, 0.25) is 0 Å². The summed E-state index contributed by atoms with van der Waals surface area (Å²) in [5, 5.41) is 29.5. The number of anilines is 2. The lowest BCUT2D eigenvalue weighted by Gasteiger charge is -2.50. The van der Waals surface area contributed by atoms with Crippen LogP contribution in [0.25, 0.3) is 0 Å². The fourth-order valence-corrected chi connectivity index (χ4v) is 8.64. The molecule has 3 N–H and O–H groups in total. The molecule has 17 heteroatoms. The van der Waals surface area contributed by atoms with E-state index in [0.717, 1.165) is 23.1 Å². The topological polar surface area (TPSA) is 153 Å². The number of carbonyl (C=O) groups excluding carboxylic acids is 4. The van der Waals surface area contributed by atoms with Crippen molar-refractivity contribution in [2.24, 2.45) is 17.8 Å². The first-order valence-corrected chi connectivity index (χ1v) is 15.4. The molecule has 4 amide bonds. The quantitative estimate of drug-likeness (QED) is 0.0820. The van der Waals surface area contributed by atoms with Crippen LogP contribution in [0.5, 0.6) is 11.5 Å². The van der Waals surface area contributed by atoms with Crippen LogP contribution in [0.1, 0.15) is 34.7 Å². The van der Waals surface area contributed by atoms with Gasteiger partial charge in [-0.2, -0.15) is 0 Å². The van der Waals surface area contributed by atoms with E-state index >= 15 is 8.78 Å². The van der Waals surface area contributed by atoms with Gasteiger partial charge in [0.05, 0.1) is 17.5 Å². The number of phenolic OH excluding ortho intramolecular Hbond substituents is 1. The molecule has 6 atom stereocenters. The van der Waals surface area contributed by atoms with E-state index in [1.165, 1.54) is 30.3 Å². The predicted molar refractivity (Wildman–Crippen MR) is 162 cm³/mol. The molecular formula is C33H19Cl2F5N2O8. The number of carbonyl (C=O) groups is 5. The van der Waals surface area contributed by atoms with Gasteiger partial charge in [-0.3, -0.25) is 19.2 Å². The average molecular weight is 737 g/mol. The van der Waals surface area contributed by atoms with Gasteiger partial charge in [0.1, 0.15) is 22.7 Å². The minimum atomic E-state index is -2.73. The first-order chi connectivity index (χ1) is 23.5. The van der Waals surface area contributed by atoms with Gasteiger partial charge in [-0.1, -0.05) is 23.8 Å². The van der Waals surface area contributed by atoms with Crippen molar-refractivity contribution < 1.29 is 61.2 Å². The van der Waals surface area contributed by atoms with E-state index in [9.17, 15) is 52.5 Å². The minimum absolute atomic E-state index is 0.0976. The first-order valence-electron chi connectivity index (χ1n) is 14.7. The SMILES string of the molecule is O=C(O)c1ccc(N2C(=O)C3CC=C4C(CC5(Cl)C(=O)N(c6c(F)c(F)c(F)c(F)c6F)C(=O)C5(Cl)C4c4ccc(O)cc4)C3C2=O)cc1O. The van der Waals surface area contributed by atoms with Crippen LogP contribution in [0.15, 0.2) is 54.1 Å². The molecular weight excluding hydrogens is 718 g/mol. The maximum absolute atomic E-state index is 15.1. The maximum Gasteiger partial charge on any atom is 0.339 e. The van der Waals surface area contributed by atoms with Crippen molar-refractivity contribution in [3.05, 3.63) is 94.3 Å². The van der Waals surface area contributed by atoms with Crippen LogP contribution in [0, 0.1) is 46.8 Å². The highest BCUT2D eigenvalue weighted by Crippen LogP contribution is 2.66. The van der Waals surface area contributed by atoms with Crippen LogP contribution in [-0.4, -0.2) is 54.7 Å². The number of nitrogens with zero attached hydrogens (tertiary/aromatic N) is 2. The van der Waals surface area contributed by atoms with E-state index in [0.29, 0.717) is 0 Å². The number of allylic oxidation sites excluding steroid dienone is 2. The molecule has 2 saturated heterocycles. The Labute approximate surface area is 286 Å². The van der Waals surface area contributed by atoms with Crippen molar-refractivity contribution in [3.8, 4) is 11.5 Å². The molecule has 2 heterocycles. The number of phenols is 2. The van der Waals surface area contributed by atoms with Crippen LogP contribution in [0.4, 0.5) is 33.3 Å². The van der Waals surface area contributed by atoms with Crippen molar-refractivity contribution in [2.75, 3.05) is 9.80 Å². The summed E-state index contributed by atoms with van der Waals surface area (Å²) in [6.45, 7) is 0. The summed E-state index contributed by atoms with van der Waals surface area (Å²) in [4.78, 5) is 62.6. The number of rotatable bonds is 4. The normalized spacial score (nSPS) is 28.8. The summed E-state index contributed by atoms with van der Waals surface area (Å²) in [5.74, 6) is -25.0. The zero-order chi connectivity index (χ0) is 36.4. The fourth-order valence-electron chi connectivity index (χ4n) is 7.70. The summed E-state index contributed by atoms with van der Waals surface area (Å²) in [5.41, 5.74) is -2.31. The smallest absolute Gasteiger partial charge is 0.339 e. The second-order valence-corrected chi connectivity index (χ2v) is 13.5. The molecule has 10 nitrogen and oxygen atoms in total. The zero-order valence-electron chi connectivity index (χ0n) is 24.8. The van der Waals surface area contributed by atoms with Crippen molar-refractivity contribution in [3.63, 3.8) is 0 Å². The lowest BCUT2D eigenvalue weighted by molar-refractivity contribution is -0.125. The second-order valence-electron chi connectivity index (χ2n) is 12.3. The van der Waals surface area contributed by atoms with Gasteiger partial charge >= 0.3 is 5.97 Å². The molecule has 0 spiro atoms. The first kappa shape index (κ1) is 33.5. The summed E-state index contributed by atoms with van der Waals surface area (Å²) < 4.78 is 72.9. The minimum Gasteiger partial charge on any atom is -0.508 e. The standard InChI is InChI=1S/C33H19Cl2F5N2O8/c34-32-10-17-14(7-8-16-19(17)28(46)41(27(16)45)12-3-6-15(29(47)48)18(44)9-12)20(11-1-4-13(43)5-2-11)33(32,35)31(50)42(30(32)49)26-24(39)22(37)21(36)23(38)25(26)40/h1-7,9,16-17,19-20,43-44H,8,10H2,(H,47,48). The third kappa shape index (κ3) is 4.16. The highest BCUT2D eigenvalue weighted by Gasteiger charge is 2.77. The van der Waals surface area contributed by atoms with E-state index in [2.05, 4.69) is 0 Å². The number of imide groups is 2. The summed E-state index contributed by atoms with van der Waals surface area (Å²) >= 11 is 14.1. The lowest BCUT2D eigenvalue weighted by atomic mass is 9.56. The number of halogens is 7. The Hall–Kier alpha value is -5.02. The molecule has 0 radical (unpaired) electrons. The number of benzene rings is 3. The zero-order valence-corrected chi connectivity index (χ0v) is 26.3. The van der Waals surface area contributed by atoms with Gasteiger partial charge in [0.2, 0.25) is 17.6 Å². The molecule has 0 bridgehead atoms. The molecule has 0 aromatic heterocycles. The van der Waals surface area contributed by atoms with Crippen LogP contribution in [0.3, 0.4) is 0 Å². The fraction of sp³-hybridized carbons (Fsp3) is 0.242. The van der Waals surface area contributed by atoms with Gasteiger partial charge in [0.25, 0.3) is 11.8 Å². The number of fused-ring (bicyclic) bond motifs is 4. The maximum atomic E-state index is 15.1. The lowest BCUT2D eigenvalue weighted by Crippen LogP contribution is -2.60. The molecule has 50 heavy (non-hydrogen) atoms. The van der Waals surface area contributed by atoms with Crippen molar-refractivity contribution in [1.82, 2.24) is 0 Å². The number of carboxylic acids is 1. The van der Waals surface area contributed by atoms with Gasteiger partial charge in [-0.25, -0.2) is 36.5 Å². The Morgan fingerprint density at radius 3 is 1.96 bits per heavy atom. The van der Waals surface area contributed by atoms with Gasteiger partial charge in [-0.15, -0.1) is 23.2 Å². The number of carboxylic acid groups (broad SMARTS) is 1. The molecule has 7 rings (SSSR count). The Bertz CT molecular complexity index is 2120. The number of alkyl halides is 2. The van der Waals surface area contributed by atoms with E-state index in [1.54, 1.807) is 0 Å². The molecule has 3 fully saturated rings. The average Bonchev–Trinajstić information content (AvgIpc) is 3.41. The Morgan fingerprint density at radius 2 is 1.38 bits per heavy atom. The number of hydrogen-bond donors (Lipinski definition) is 3. The monoisotopic (exact) mass is 736 g/mol. The Balaban J connectivity index is 1.40. The summed E-state index contributed by atoms with van der Waals surface area (Å²) in [7, 11) is 0. The largest absolute Gasteiger partial charge is 0.508 e. The van der Waals surface area contributed by atoms with Crippen molar-refractivity contribution in [2.45, 2.75) is 28.5 Å². The summed E-state index contributed by atoms with van der Waals surface area (Å²) in [6, 6.07) is 7.95. The molecule has 4 aliphatic rings. The summed E-state index contributed by atoms with van der Waals surface area (Å²) in [6.07, 6.45) is 0.617. The molecule has 258 valence electrons. The molecule has 2 aliphatic heterocycles. The van der Waals surface area contributed by atoms with E-state index in [-0.39, 0.29) is 33.9 Å². The van der Waals surface area contributed by atoms with Gasteiger partial charge in [0, 0.05) is 12.0 Å². The number of amides is 4. The van der Waals surface area contributed by atoms with Gasteiger partial charge in [-0.05, 0) is 48.6 Å². The molecule has 3 aromatic rings. The van der Waals surface area contributed by atoms with Crippen LogP contribution >= 0.6 is 23.2 Å². The number of aromatic carboxylic acids is 1. The Kier molecular flexibility index (Phi) is 7.36. The molecule has 1 saturated carbocycles. The molecule has 3 aromatic carbocycles. The van der Waals surface area contributed by atoms with E-state index in [4.69, 9.17) is 23.2 Å². The third-order valence-electron chi connectivity index (χ3n) is 9.92. The van der Waals surface area contributed by atoms with Crippen molar-refractivity contribution in [1.29, 1.82) is 0 Å². The van der Waals surface area contributed by atoms with E-state index in [1.807, 2.05) is 0 Å². The Morgan fingerprint density at radius 1 is 0.780 bits per heavy atom. The highest BCUT2D eigenvalue weighted by molar-refractivity contribution is 6.58. The second kappa shape index (κ2) is 11.0. The van der Waals surface area contributed by atoms with E-state index < -0.39 is 116 Å². The third-order valence-corrected chi connectivity index (χ3v) is 11.3. The van der Waals surface area contributed by atoms with Gasteiger partial charge < -0.3 is 15.3 Å². The highest BCUT2D eigenvalue weighted by atomic mass is 35.5. The van der Waals surface area contributed by atoms with Crippen LogP contribution < -0.4 is 9.80 Å². The number of aromatic hydroxyl groups is 2. The van der Waals surface area contributed by atoms with Gasteiger partial charge in [0.15, 0.2) is 33.0 Å². The van der Waals surface area contributed by atoms with Crippen molar-refractivity contribution >= 4 is 64.2 Å². The van der Waals surface area contributed by atoms with Crippen LogP contribution in [-0.2, 0) is 19.2 Å². The molecule has 2 aliphatic carbocycles. The molecule has 6 unspecified atom stereocenters. The predicted octanol–water partition coefficient (Wildman–Crippen LogP) is 5.26.